The summed E-state index contributed by atoms with van der Waals surface area (Å²) in [6.07, 6.45) is 4.84. The van der Waals surface area contributed by atoms with Gasteiger partial charge >= 0.3 is 0 Å². The van der Waals surface area contributed by atoms with Crippen molar-refractivity contribution in [3.63, 3.8) is 0 Å². The van der Waals surface area contributed by atoms with Crippen LogP contribution in [-0.4, -0.2) is 62.6 Å². The molecule has 0 radical (unpaired) electrons. The summed E-state index contributed by atoms with van der Waals surface area (Å²) in [7, 11) is 0. The van der Waals surface area contributed by atoms with E-state index < -0.39 is 6.10 Å². The summed E-state index contributed by atoms with van der Waals surface area (Å²) >= 11 is 0. The zero-order valence-corrected chi connectivity index (χ0v) is 14.6. The van der Waals surface area contributed by atoms with Gasteiger partial charge in [-0.1, -0.05) is 13.8 Å². The first kappa shape index (κ1) is 17.9. The van der Waals surface area contributed by atoms with Crippen molar-refractivity contribution in [2.75, 3.05) is 26.2 Å². The SMILES string of the molecule is CCN(CC)C1CCN(C(=O)CC(O)c2nccn2CC)CC1. The number of rotatable bonds is 7. The molecule has 1 fully saturated rings. The molecule has 1 aliphatic heterocycles. The first-order valence-electron chi connectivity index (χ1n) is 8.81. The van der Waals surface area contributed by atoms with Crippen molar-refractivity contribution < 1.29 is 9.90 Å². The van der Waals surface area contributed by atoms with Gasteiger partial charge in [0.2, 0.25) is 5.91 Å². The van der Waals surface area contributed by atoms with Crippen molar-refractivity contribution in [2.45, 2.75) is 58.7 Å². The molecule has 1 aliphatic rings. The summed E-state index contributed by atoms with van der Waals surface area (Å²) in [6, 6.07) is 0.581. The molecule has 1 aromatic rings. The van der Waals surface area contributed by atoms with Crippen LogP contribution in [0.15, 0.2) is 12.4 Å². The van der Waals surface area contributed by atoms with Crippen LogP contribution in [0.3, 0.4) is 0 Å². The molecule has 2 heterocycles. The highest BCUT2D eigenvalue weighted by molar-refractivity contribution is 5.76. The van der Waals surface area contributed by atoms with E-state index in [1.54, 1.807) is 6.20 Å². The molecule has 0 spiro atoms. The second-order valence-electron chi connectivity index (χ2n) is 6.12. The number of nitrogens with zero attached hydrogens (tertiary/aromatic N) is 4. The van der Waals surface area contributed by atoms with Crippen molar-refractivity contribution in [1.82, 2.24) is 19.4 Å². The maximum Gasteiger partial charge on any atom is 0.225 e. The molecule has 1 amide bonds. The van der Waals surface area contributed by atoms with E-state index in [1.165, 1.54) is 0 Å². The van der Waals surface area contributed by atoms with Crippen molar-refractivity contribution in [2.24, 2.45) is 0 Å². The van der Waals surface area contributed by atoms with Crippen LogP contribution in [0.2, 0.25) is 0 Å². The van der Waals surface area contributed by atoms with E-state index in [4.69, 9.17) is 0 Å². The number of carbonyl (C=O) groups excluding carboxylic acids is 1. The highest BCUT2D eigenvalue weighted by Crippen LogP contribution is 2.20. The van der Waals surface area contributed by atoms with Gasteiger partial charge in [0.1, 0.15) is 11.9 Å². The third-order valence-corrected chi connectivity index (χ3v) is 4.90. The Hall–Kier alpha value is -1.40. The van der Waals surface area contributed by atoms with E-state index in [-0.39, 0.29) is 12.3 Å². The molecule has 0 saturated carbocycles. The Morgan fingerprint density at radius 2 is 2.00 bits per heavy atom. The van der Waals surface area contributed by atoms with Crippen LogP contribution in [0, 0.1) is 0 Å². The number of aromatic nitrogens is 2. The van der Waals surface area contributed by atoms with E-state index in [2.05, 4.69) is 23.7 Å². The number of piperidine rings is 1. The Bertz CT molecular complexity index is 491. The molecule has 1 aromatic heterocycles. The van der Waals surface area contributed by atoms with Gasteiger partial charge in [0.25, 0.3) is 0 Å². The van der Waals surface area contributed by atoms with Gasteiger partial charge < -0.3 is 19.5 Å². The second-order valence-corrected chi connectivity index (χ2v) is 6.12. The van der Waals surface area contributed by atoms with Gasteiger partial charge in [0.15, 0.2) is 0 Å². The van der Waals surface area contributed by atoms with Gasteiger partial charge in [-0.3, -0.25) is 4.79 Å². The second kappa shape index (κ2) is 8.45. The van der Waals surface area contributed by atoms with Crippen molar-refractivity contribution in [3.05, 3.63) is 18.2 Å². The first-order valence-corrected chi connectivity index (χ1v) is 8.81. The summed E-state index contributed by atoms with van der Waals surface area (Å²) < 4.78 is 1.88. The molecule has 6 heteroatoms. The van der Waals surface area contributed by atoms with Crippen LogP contribution in [0.25, 0.3) is 0 Å². The zero-order valence-electron chi connectivity index (χ0n) is 14.6. The minimum absolute atomic E-state index is 0.0288. The number of aliphatic hydroxyl groups is 1. The monoisotopic (exact) mass is 322 g/mol. The lowest BCUT2D eigenvalue weighted by molar-refractivity contribution is -0.135. The van der Waals surface area contributed by atoms with E-state index in [9.17, 15) is 9.90 Å². The zero-order chi connectivity index (χ0) is 16.8. The minimum atomic E-state index is -0.821. The van der Waals surface area contributed by atoms with E-state index in [0.717, 1.165) is 45.6 Å². The van der Waals surface area contributed by atoms with Crippen LogP contribution in [-0.2, 0) is 11.3 Å². The smallest absolute Gasteiger partial charge is 0.225 e. The van der Waals surface area contributed by atoms with Crippen molar-refractivity contribution >= 4 is 5.91 Å². The summed E-state index contributed by atoms with van der Waals surface area (Å²) in [5.41, 5.74) is 0. The predicted molar refractivity (Wildman–Crippen MR) is 90.0 cm³/mol. The lowest BCUT2D eigenvalue weighted by atomic mass is 10.0. The van der Waals surface area contributed by atoms with Gasteiger partial charge in [0, 0.05) is 38.1 Å². The Balaban J connectivity index is 1.85. The summed E-state index contributed by atoms with van der Waals surface area (Å²) in [5.74, 6) is 0.611. The van der Waals surface area contributed by atoms with Crippen molar-refractivity contribution in [3.8, 4) is 0 Å². The summed E-state index contributed by atoms with van der Waals surface area (Å²) in [5, 5.41) is 10.3. The third kappa shape index (κ3) is 4.32. The highest BCUT2D eigenvalue weighted by atomic mass is 16.3. The first-order chi connectivity index (χ1) is 11.1. The predicted octanol–water partition coefficient (Wildman–Crippen LogP) is 1.66. The van der Waals surface area contributed by atoms with Crippen molar-refractivity contribution in [1.29, 1.82) is 0 Å². The number of aliphatic hydroxyl groups excluding tert-OH is 1. The molecule has 1 atom stereocenters. The fourth-order valence-corrected chi connectivity index (χ4v) is 3.49. The molecular formula is C17H30N4O2. The van der Waals surface area contributed by atoms with E-state index in [0.29, 0.717) is 11.9 Å². The number of hydrogen-bond acceptors (Lipinski definition) is 4. The number of aryl methyl sites for hydroxylation is 1. The van der Waals surface area contributed by atoms with Crippen LogP contribution in [0.1, 0.15) is 52.0 Å². The number of hydrogen-bond donors (Lipinski definition) is 1. The van der Waals surface area contributed by atoms with Gasteiger partial charge in [-0.05, 0) is 32.9 Å². The van der Waals surface area contributed by atoms with Crippen LogP contribution in [0.5, 0.6) is 0 Å². The fraction of sp³-hybridized carbons (Fsp3) is 0.765. The molecule has 6 nitrogen and oxygen atoms in total. The average molecular weight is 322 g/mol. The molecule has 1 saturated heterocycles. The highest BCUT2D eigenvalue weighted by Gasteiger charge is 2.27. The summed E-state index contributed by atoms with van der Waals surface area (Å²) in [4.78, 5) is 21.0. The molecule has 1 unspecified atom stereocenters. The third-order valence-electron chi connectivity index (χ3n) is 4.90. The maximum atomic E-state index is 12.4. The van der Waals surface area contributed by atoms with E-state index >= 15 is 0 Å². The molecule has 0 aromatic carbocycles. The normalized spacial score (nSPS) is 17.7. The van der Waals surface area contributed by atoms with Crippen LogP contribution in [0.4, 0.5) is 0 Å². The fourth-order valence-electron chi connectivity index (χ4n) is 3.49. The lowest BCUT2D eigenvalue weighted by Gasteiger charge is -2.38. The Morgan fingerprint density at radius 1 is 1.35 bits per heavy atom. The molecule has 23 heavy (non-hydrogen) atoms. The topological polar surface area (TPSA) is 61.6 Å². The van der Waals surface area contributed by atoms with Gasteiger partial charge in [0.05, 0.1) is 6.42 Å². The summed E-state index contributed by atoms with van der Waals surface area (Å²) in [6.45, 7) is 10.8. The Kier molecular flexibility index (Phi) is 6.59. The molecule has 2 rings (SSSR count). The van der Waals surface area contributed by atoms with Gasteiger partial charge in [-0.2, -0.15) is 0 Å². The van der Waals surface area contributed by atoms with Crippen LogP contribution >= 0.6 is 0 Å². The number of carbonyl (C=O) groups is 1. The minimum Gasteiger partial charge on any atom is -0.385 e. The standard InChI is InChI=1S/C17H30N4O2/c1-4-19(5-2)14-7-10-21(11-8-14)16(23)13-15(22)17-18-9-12-20(17)6-3/h9,12,14-15,22H,4-8,10-11,13H2,1-3H3. The number of imidazole rings is 1. The number of amides is 1. The largest absolute Gasteiger partial charge is 0.385 e. The molecule has 0 aliphatic carbocycles. The molecule has 130 valence electrons. The number of likely N-dealkylation sites (tertiary alicyclic amines) is 1. The Labute approximate surface area is 139 Å². The van der Waals surface area contributed by atoms with E-state index in [1.807, 2.05) is 22.6 Å². The van der Waals surface area contributed by atoms with Gasteiger partial charge in [-0.25, -0.2) is 4.98 Å². The Morgan fingerprint density at radius 3 is 2.57 bits per heavy atom. The average Bonchev–Trinajstić information content (AvgIpc) is 3.05. The lowest BCUT2D eigenvalue weighted by Crippen LogP contribution is -2.46. The molecule has 1 N–H and O–H groups in total. The maximum absolute atomic E-state index is 12.4. The molecule has 0 bridgehead atoms. The van der Waals surface area contributed by atoms with Gasteiger partial charge in [-0.15, -0.1) is 0 Å². The quantitative estimate of drug-likeness (QED) is 0.829. The molecular weight excluding hydrogens is 292 g/mol. The van der Waals surface area contributed by atoms with Crippen LogP contribution < -0.4 is 0 Å².